The Hall–Kier alpha value is -1.05. The van der Waals surface area contributed by atoms with Gasteiger partial charge in [-0.15, -0.1) is 0 Å². The molecule has 0 N–H and O–H groups in total. The first-order valence-electron chi connectivity index (χ1n) is 4.96. The molecule has 0 atom stereocenters. The summed E-state index contributed by atoms with van der Waals surface area (Å²) >= 11 is 6.10. The first-order valence-corrected chi connectivity index (χ1v) is 5.34. The molecule has 0 saturated carbocycles. The van der Waals surface area contributed by atoms with Gasteiger partial charge in [-0.3, -0.25) is 0 Å². The molecule has 1 fully saturated rings. The van der Waals surface area contributed by atoms with E-state index in [1.165, 1.54) is 0 Å². The Morgan fingerprint density at radius 1 is 1.53 bits per heavy atom. The number of hydrogen-bond acceptors (Lipinski definition) is 3. The molecule has 5 heteroatoms. The van der Waals surface area contributed by atoms with Crippen molar-refractivity contribution in [1.29, 1.82) is 5.26 Å². The molecule has 0 amide bonds. The van der Waals surface area contributed by atoms with Gasteiger partial charge in [-0.1, -0.05) is 11.6 Å². The van der Waals surface area contributed by atoms with Crippen LogP contribution in [0, 0.1) is 18.3 Å². The first-order chi connectivity index (χ1) is 7.24. The maximum atomic E-state index is 8.90. The smallest absolute Gasteiger partial charge is 0.145 e. The predicted octanol–water partition coefficient (Wildman–Crippen LogP) is 2.07. The Balaban J connectivity index is 2.32. The van der Waals surface area contributed by atoms with Crippen LogP contribution in [0.3, 0.4) is 0 Å². The molecule has 1 aliphatic rings. The zero-order valence-corrected chi connectivity index (χ0v) is 9.29. The minimum absolute atomic E-state index is 0.270. The van der Waals surface area contributed by atoms with Crippen molar-refractivity contribution in [2.24, 2.45) is 0 Å². The maximum Gasteiger partial charge on any atom is 0.145 e. The second kappa shape index (κ2) is 4.21. The number of ether oxygens (including phenoxy) is 1. The van der Waals surface area contributed by atoms with Crippen molar-refractivity contribution >= 4 is 11.6 Å². The monoisotopic (exact) mass is 225 g/mol. The van der Waals surface area contributed by atoms with Gasteiger partial charge in [0.25, 0.3) is 0 Å². The van der Waals surface area contributed by atoms with Gasteiger partial charge >= 0.3 is 0 Å². The zero-order chi connectivity index (χ0) is 10.8. The Morgan fingerprint density at radius 3 is 2.73 bits per heavy atom. The number of aromatic nitrogens is 2. The maximum absolute atomic E-state index is 8.90. The van der Waals surface area contributed by atoms with Crippen molar-refractivity contribution in [3.05, 3.63) is 16.4 Å². The SMILES string of the molecule is Cc1nn(C2CCOCC2)c(Cl)c1C#N. The van der Waals surface area contributed by atoms with Gasteiger partial charge in [0.1, 0.15) is 16.8 Å². The highest BCUT2D eigenvalue weighted by atomic mass is 35.5. The van der Waals surface area contributed by atoms with E-state index in [4.69, 9.17) is 21.6 Å². The highest BCUT2D eigenvalue weighted by Crippen LogP contribution is 2.27. The third-order valence-corrected chi connectivity index (χ3v) is 3.04. The number of nitriles is 1. The summed E-state index contributed by atoms with van der Waals surface area (Å²) in [6.45, 7) is 3.28. The normalized spacial score (nSPS) is 17.7. The molecule has 1 aromatic rings. The predicted molar refractivity (Wildman–Crippen MR) is 55.8 cm³/mol. The van der Waals surface area contributed by atoms with Gasteiger partial charge in [0, 0.05) is 13.2 Å². The average Bonchev–Trinajstić information content (AvgIpc) is 2.55. The largest absolute Gasteiger partial charge is 0.381 e. The Labute approximate surface area is 93.4 Å². The summed E-state index contributed by atoms with van der Waals surface area (Å²) in [5.74, 6) is 0. The summed E-state index contributed by atoms with van der Waals surface area (Å²) in [6, 6.07) is 2.35. The van der Waals surface area contributed by atoms with Gasteiger partial charge in [-0.25, -0.2) is 4.68 Å². The average molecular weight is 226 g/mol. The van der Waals surface area contributed by atoms with Crippen molar-refractivity contribution in [2.45, 2.75) is 25.8 Å². The minimum atomic E-state index is 0.270. The van der Waals surface area contributed by atoms with Crippen molar-refractivity contribution in [1.82, 2.24) is 9.78 Å². The van der Waals surface area contributed by atoms with Crippen LogP contribution in [0.25, 0.3) is 0 Å². The lowest BCUT2D eigenvalue weighted by Gasteiger charge is -2.22. The van der Waals surface area contributed by atoms with Crippen LogP contribution in [-0.4, -0.2) is 23.0 Å². The molecule has 15 heavy (non-hydrogen) atoms. The molecule has 1 aliphatic heterocycles. The second-order valence-corrected chi connectivity index (χ2v) is 4.01. The summed E-state index contributed by atoms with van der Waals surface area (Å²) in [7, 11) is 0. The number of rotatable bonds is 1. The molecular weight excluding hydrogens is 214 g/mol. The summed E-state index contributed by atoms with van der Waals surface area (Å²) in [5.41, 5.74) is 1.19. The highest BCUT2D eigenvalue weighted by molar-refractivity contribution is 6.30. The van der Waals surface area contributed by atoms with Crippen LogP contribution in [-0.2, 0) is 4.74 Å². The topological polar surface area (TPSA) is 50.8 Å². The van der Waals surface area contributed by atoms with Gasteiger partial charge in [0.2, 0.25) is 0 Å². The fourth-order valence-corrected chi connectivity index (χ4v) is 2.17. The molecule has 2 heterocycles. The van der Waals surface area contributed by atoms with Crippen LogP contribution in [0.2, 0.25) is 5.15 Å². The van der Waals surface area contributed by atoms with Crippen LogP contribution in [0.4, 0.5) is 0 Å². The third-order valence-electron chi connectivity index (χ3n) is 2.68. The molecule has 80 valence electrons. The molecule has 0 bridgehead atoms. The third kappa shape index (κ3) is 1.85. The molecule has 1 aromatic heterocycles. The van der Waals surface area contributed by atoms with Crippen LogP contribution in [0.5, 0.6) is 0 Å². The number of hydrogen-bond donors (Lipinski definition) is 0. The first kappa shape index (κ1) is 10.5. The summed E-state index contributed by atoms with van der Waals surface area (Å²) in [4.78, 5) is 0. The summed E-state index contributed by atoms with van der Waals surface area (Å²) < 4.78 is 7.04. The zero-order valence-electron chi connectivity index (χ0n) is 8.53. The van der Waals surface area contributed by atoms with Gasteiger partial charge < -0.3 is 4.74 Å². The fraction of sp³-hybridized carbons (Fsp3) is 0.600. The molecule has 0 aromatic carbocycles. The van der Waals surface area contributed by atoms with Crippen LogP contribution < -0.4 is 0 Å². The molecule has 0 spiro atoms. The minimum Gasteiger partial charge on any atom is -0.381 e. The number of halogens is 1. The Bertz CT molecular complexity index is 402. The molecule has 4 nitrogen and oxygen atoms in total. The van der Waals surface area contributed by atoms with Gasteiger partial charge in [0.15, 0.2) is 0 Å². The molecule has 0 radical (unpaired) electrons. The van der Waals surface area contributed by atoms with E-state index in [2.05, 4.69) is 11.2 Å². The van der Waals surface area contributed by atoms with E-state index in [-0.39, 0.29) is 6.04 Å². The lowest BCUT2D eigenvalue weighted by Crippen LogP contribution is -2.20. The highest BCUT2D eigenvalue weighted by Gasteiger charge is 2.22. The second-order valence-electron chi connectivity index (χ2n) is 3.65. The number of aryl methyl sites for hydroxylation is 1. The molecular formula is C10H12ClN3O. The quantitative estimate of drug-likeness (QED) is 0.735. The fourth-order valence-electron chi connectivity index (χ4n) is 1.82. The summed E-state index contributed by atoms with van der Waals surface area (Å²) in [6.07, 6.45) is 1.82. The van der Waals surface area contributed by atoms with Crippen molar-refractivity contribution < 1.29 is 4.74 Å². The number of nitrogens with zero attached hydrogens (tertiary/aromatic N) is 3. The van der Waals surface area contributed by atoms with E-state index in [0.717, 1.165) is 26.1 Å². The Kier molecular flexibility index (Phi) is 2.94. The van der Waals surface area contributed by atoms with Crippen molar-refractivity contribution in [3.63, 3.8) is 0 Å². The van der Waals surface area contributed by atoms with E-state index >= 15 is 0 Å². The van der Waals surface area contributed by atoms with Gasteiger partial charge in [0.05, 0.1) is 11.7 Å². The molecule has 1 saturated heterocycles. The summed E-state index contributed by atoms with van der Waals surface area (Å²) in [5, 5.41) is 13.7. The van der Waals surface area contributed by atoms with E-state index in [1.807, 2.05) is 0 Å². The lowest BCUT2D eigenvalue weighted by atomic mass is 10.1. The standard InChI is InChI=1S/C10H12ClN3O/c1-7-9(6-12)10(11)14(13-7)8-2-4-15-5-3-8/h8H,2-5H2,1H3. The van der Waals surface area contributed by atoms with Crippen LogP contribution >= 0.6 is 11.6 Å². The van der Waals surface area contributed by atoms with Crippen LogP contribution in [0.1, 0.15) is 30.1 Å². The Morgan fingerprint density at radius 2 is 2.20 bits per heavy atom. The van der Waals surface area contributed by atoms with E-state index < -0.39 is 0 Å². The van der Waals surface area contributed by atoms with Gasteiger partial charge in [-0.2, -0.15) is 10.4 Å². The molecule has 0 aliphatic carbocycles. The van der Waals surface area contributed by atoms with E-state index in [0.29, 0.717) is 16.4 Å². The molecule has 0 unspecified atom stereocenters. The lowest BCUT2D eigenvalue weighted by molar-refractivity contribution is 0.0662. The van der Waals surface area contributed by atoms with Crippen LogP contribution in [0.15, 0.2) is 0 Å². The molecule has 2 rings (SSSR count). The van der Waals surface area contributed by atoms with Crippen molar-refractivity contribution in [2.75, 3.05) is 13.2 Å². The van der Waals surface area contributed by atoms with Gasteiger partial charge in [-0.05, 0) is 19.8 Å². The van der Waals surface area contributed by atoms with E-state index in [1.54, 1.807) is 11.6 Å². The van der Waals surface area contributed by atoms with Crippen molar-refractivity contribution in [3.8, 4) is 6.07 Å². The van der Waals surface area contributed by atoms with E-state index in [9.17, 15) is 0 Å².